The maximum absolute atomic E-state index is 5.79. The van der Waals surface area contributed by atoms with Crippen molar-refractivity contribution in [2.75, 3.05) is 11.9 Å². The third-order valence-corrected chi connectivity index (χ3v) is 4.01. The number of anilines is 1. The van der Waals surface area contributed by atoms with Crippen LogP contribution in [0.5, 0.6) is 0 Å². The fourth-order valence-corrected chi connectivity index (χ4v) is 2.86. The third kappa shape index (κ3) is 3.50. The highest BCUT2D eigenvalue weighted by Gasteiger charge is 2.16. The quantitative estimate of drug-likeness (QED) is 0.880. The topological polar surface area (TPSA) is 50.7 Å². The standard InChI is InChI=1S/C16H19ClN4/c1-11-20-14-5-3-2-4-13(14)16(21-11)18-9-8-12-6-7-15(17)19-10-12/h6-7,10H,2-5,8-9H2,1H3,(H,18,20,21). The number of rotatable bonds is 4. The molecule has 0 atom stereocenters. The van der Waals surface area contributed by atoms with E-state index in [1.165, 1.54) is 29.7 Å². The Labute approximate surface area is 130 Å². The fraction of sp³-hybridized carbons (Fsp3) is 0.438. The highest BCUT2D eigenvalue weighted by Crippen LogP contribution is 2.25. The van der Waals surface area contributed by atoms with Crippen LogP contribution in [0.1, 0.15) is 35.5 Å². The van der Waals surface area contributed by atoms with Crippen LogP contribution in [0.3, 0.4) is 0 Å². The molecule has 0 aliphatic heterocycles. The molecule has 4 nitrogen and oxygen atoms in total. The minimum atomic E-state index is 0.534. The minimum Gasteiger partial charge on any atom is -0.369 e. The van der Waals surface area contributed by atoms with E-state index in [0.717, 1.165) is 37.4 Å². The number of pyridine rings is 1. The summed E-state index contributed by atoms with van der Waals surface area (Å²) in [7, 11) is 0. The number of fused-ring (bicyclic) bond motifs is 1. The van der Waals surface area contributed by atoms with E-state index < -0.39 is 0 Å². The molecule has 0 saturated heterocycles. The molecule has 0 saturated carbocycles. The van der Waals surface area contributed by atoms with Gasteiger partial charge in [0.15, 0.2) is 0 Å². The second-order valence-corrected chi connectivity index (χ2v) is 5.80. The third-order valence-electron chi connectivity index (χ3n) is 3.79. The zero-order valence-electron chi connectivity index (χ0n) is 12.2. The monoisotopic (exact) mass is 302 g/mol. The molecule has 0 spiro atoms. The van der Waals surface area contributed by atoms with E-state index in [1.807, 2.05) is 25.3 Å². The van der Waals surface area contributed by atoms with E-state index in [0.29, 0.717) is 5.15 Å². The Morgan fingerprint density at radius 1 is 1.19 bits per heavy atom. The summed E-state index contributed by atoms with van der Waals surface area (Å²) < 4.78 is 0. The van der Waals surface area contributed by atoms with E-state index in [4.69, 9.17) is 11.6 Å². The lowest BCUT2D eigenvalue weighted by molar-refractivity contribution is 0.659. The molecule has 0 radical (unpaired) electrons. The van der Waals surface area contributed by atoms with Gasteiger partial charge >= 0.3 is 0 Å². The molecular formula is C16H19ClN4. The van der Waals surface area contributed by atoms with Crippen LogP contribution in [-0.2, 0) is 19.3 Å². The van der Waals surface area contributed by atoms with Gasteiger partial charge in [0, 0.05) is 24.0 Å². The molecule has 21 heavy (non-hydrogen) atoms. The van der Waals surface area contributed by atoms with Crippen molar-refractivity contribution in [3.8, 4) is 0 Å². The molecule has 0 amide bonds. The van der Waals surface area contributed by atoms with Crippen LogP contribution < -0.4 is 5.32 Å². The Balaban J connectivity index is 1.67. The molecule has 2 aromatic rings. The summed E-state index contributed by atoms with van der Waals surface area (Å²) in [6.45, 7) is 2.80. The first-order chi connectivity index (χ1) is 10.2. The highest BCUT2D eigenvalue weighted by molar-refractivity contribution is 6.29. The van der Waals surface area contributed by atoms with Gasteiger partial charge in [-0.3, -0.25) is 0 Å². The van der Waals surface area contributed by atoms with Gasteiger partial charge in [0.1, 0.15) is 16.8 Å². The second kappa shape index (κ2) is 6.39. The molecule has 5 heteroatoms. The van der Waals surface area contributed by atoms with Gasteiger partial charge in [-0.2, -0.15) is 0 Å². The van der Waals surface area contributed by atoms with Crippen molar-refractivity contribution in [3.05, 3.63) is 46.1 Å². The number of halogens is 1. The van der Waals surface area contributed by atoms with Crippen molar-refractivity contribution >= 4 is 17.4 Å². The van der Waals surface area contributed by atoms with Crippen molar-refractivity contribution < 1.29 is 0 Å². The molecule has 0 unspecified atom stereocenters. The Morgan fingerprint density at radius 3 is 2.86 bits per heavy atom. The first-order valence-corrected chi connectivity index (χ1v) is 7.81. The maximum atomic E-state index is 5.79. The Bertz CT molecular complexity index is 625. The normalized spacial score (nSPS) is 13.8. The van der Waals surface area contributed by atoms with Crippen LogP contribution in [0.2, 0.25) is 5.15 Å². The minimum absolute atomic E-state index is 0.534. The Morgan fingerprint density at radius 2 is 2.05 bits per heavy atom. The second-order valence-electron chi connectivity index (χ2n) is 5.42. The van der Waals surface area contributed by atoms with Gasteiger partial charge in [-0.25, -0.2) is 15.0 Å². The number of hydrogen-bond donors (Lipinski definition) is 1. The van der Waals surface area contributed by atoms with Crippen molar-refractivity contribution in [3.63, 3.8) is 0 Å². The molecule has 1 aliphatic carbocycles. The van der Waals surface area contributed by atoms with E-state index in [-0.39, 0.29) is 0 Å². The number of nitrogens with one attached hydrogen (secondary N) is 1. The molecule has 1 N–H and O–H groups in total. The molecule has 110 valence electrons. The first-order valence-electron chi connectivity index (χ1n) is 7.43. The number of nitrogens with zero attached hydrogens (tertiary/aromatic N) is 3. The summed E-state index contributed by atoms with van der Waals surface area (Å²) in [6.07, 6.45) is 7.36. The lowest BCUT2D eigenvalue weighted by Gasteiger charge is -2.19. The van der Waals surface area contributed by atoms with Crippen LogP contribution >= 0.6 is 11.6 Å². The van der Waals surface area contributed by atoms with Crippen molar-refractivity contribution in [2.45, 2.75) is 39.0 Å². The van der Waals surface area contributed by atoms with Gasteiger partial charge in [0.25, 0.3) is 0 Å². The summed E-state index contributed by atoms with van der Waals surface area (Å²) in [5.74, 6) is 1.87. The summed E-state index contributed by atoms with van der Waals surface area (Å²) >= 11 is 5.79. The fourth-order valence-electron chi connectivity index (χ4n) is 2.74. The lowest BCUT2D eigenvalue weighted by Crippen LogP contribution is -2.15. The van der Waals surface area contributed by atoms with Crippen molar-refractivity contribution in [1.29, 1.82) is 0 Å². The van der Waals surface area contributed by atoms with E-state index in [9.17, 15) is 0 Å². The predicted molar refractivity (Wildman–Crippen MR) is 84.9 cm³/mol. The van der Waals surface area contributed by atoms with Crippen LogP contribution in [0.4, 0.5) is 5.82 Å². The average molecular weight is 303 g/mol. The molecule has 2 heterocycles. The van der Waals surface area contributed by atoms with E-state index in [1.54, 1.807) is 0 Å². The highest BCUT2D eigenvalue weighted by atomic mass is 35.5. The SMILES string of the molecule is Cc1nc2c(c(NCCc3ccc(Cl)nc3)n1)CCCC2. The molecule has 0 bridgehead atoms. The number of aromatic nitrogens is 3. The van der Waals surface area contributed by atoms with Gasteiger partial charge in [0.2, 0.25) is 0 Å². The maximum Gasteiger partial charge on any atom is 0.133 e. The summed E-state index contributed by atoms with van der Waals surface area (Å²) in [4.78, 5) is 13.2. The Hall–Kier alpha value is -1.68. The zero-order chi connectivity index (χ0) is 14.7. The molecule has 2 aromatic heterocycles. The van der Waals surface area contributed by atoms with E-state index in [2.05, 4.69) is 20.3 Å². The van der Waals surface area contributed by atoms with Gasteiger partial charge in [-0.05, 0) is 50.7 Å². The largest absolute Gasteiger partial charge is 0.369 e. The van der Waals surface area contributed by atoms with Crippen molar-refractivity contribution in [1.82, 2.24) is 15.0 Å². The first kappa shape index (κ1) is 14.3. The van der Waals surface area contributed by atoms with Gasteiger partial charge in [-0.1, -0.05) is 17.7 Å². The van der Waals surface area contributed by atoms with Crippen LogP contribution in [0.15, 0.2) is 18.3 Å². The predicted octanol–water partition coefficient (Wildman–Crippen LogP) is 3.37. The molecule has 0 aromatic carbocycles. The van der Waals surface area contributed by atoms with Gasteiger partial charge < -0.3 is 5.32 Å². The van der Waals surface area contributed by atoms with Crippen LogP contribution in [0.25, 0.3) is 0 Å². The van der Waals surface area contributed by atoms with Crippen molar-refractivity contribution in [2.24, 2.45) is 0 Å². The molecule has 3 rings (SSSR count). The van der Waals surface area contributed by atoms with Gasteiger partial charge in [-0.15, -0.1) is 0 Å². The molecule has 1 aliphatic rings. The smallest absolute Gasteiger partial charge is 0.133 e. The van der Waals surface area contributed by atoms with Crippen LogP contribution in [0, 0.1) is 6.92 Å². The van der Waals surface area contributed by atoms with E-state index >= 15 is 0 Å². The number of hydrogen-bond acceptors (Lipinski definition) is 4. The molecule has 0 fully saturated rings. The summed E-state index contributed by atoms with van der Waals surface area (Å²) in [5.41, 5.74) is 3.71. The zero-order valence-corrected chi connectivity index (χ0v) is 13.0. The molecular weight excluding hydrogens is 284 g/mol. The van der Waals surface area contributed by atoms with Crippen LogP contribution in [-0.4, -0.2) is 21.5 Å². The Kier molecular flexibility index (Phi) is 4.34. The summed E-state index contributed by atoms with van der Waals surface area (Å²) in [5, 5.41) is 4.00. The lowest BCUT2D eigenvalue weighted by atomic mass is 9.96. The number of aryl methyl sites for hydroxylation is 2. The average Bonchev–Trinajstić information content (AvgIpc) is 2.49. The van der Waals surface area contributed by atoms with Gasteiger partial charge in [0.05, 0.1) is 0 Å². The summed E-state index contributed by atoms with van der Waals surface area (Å²) in [6, 6.07) is 3.84.